The average molecular weight is 1060 g/mol. The molecule has 0 aromatic heterocycles. The van der Waals surface area contributed by atoms with E-state index in [1.165, 1.54) is 21.6 Å². The Labute approximate surface area is 396 Å². The molecular weight excluding hydrogens is 1030 g/mol. The number of carbonyl (C=O) groups is 1. The van der Waals surface area contributed by atoms with E-state index in [1.54, 1.807) is 0 Å². The molecule has 0 aliphatic heterocycles. The summed E-state index contributed by atoms with van der Waals surface area (Å²) in [7, 11) is -0.148. The molecule has 0 heterocycles. The van der Waals surface area contributed by atoms with E-state index in [0.717, 1.165) is 5.69 Å². The fraction of sp³-hybridized carbons (Fsp3) is 0.104. The van der Waals surface area contributed by atoms with Crippen molar-refractivity contribution in [2.45, 2.75) is 46.9 Å². The SMILES string of the molecule is CC(=O)Nc1ccc([S+](c2ccccc2)c2ccccc2)cc1.Fc1c(F)c(F)c(C[B-](Cc2c(F)c(F)c(F)c(F)c2F)(Cc2c(F)c(F)c(F)c(F)c2F)Cc2c(F)c(F)c(F)c(F)c2F)c(F)c1F. The molecule has 0 bridgehead atoms. The molecule has 0 unspecified atom stereocenters. The fourth-order valence-electron chi connectivity index (χ4n) is 7.88. The summed E-state index contributed by atoms with van der Waals surface area (Å²) in [6, 6.07) is 29.1. The van der Waals surface area contributed by atoms with Gasteiger partial charge in [-0.15, -0.1) is 25.3 Å². The van der Waals surface area contributed by atoms with Crippen LogP contribution in [-0.4, -0.2) is 12.1 Å². The molecule has 1 N–H and O–H groups in total. The van der Waals surface area contributed by atoms with E-state index in [1.807, 2.05) is 24.3 Å². The van der Waals surface area contributed by atoms with E-state index in [9.17, 15) is 92.6 Å². The molecule has 0 fully saturated rings. The summed E-state index contributed by atoms with van der Waals surface area (Å²) in [6.07, 6.45) is -13.9. The van der Waals surface area contributed by atoms with Gasteiger partial charge in [-0.1, -0.05) is 36.4 Å². The van der Waals surface area contributed by atoms with Crippen LogP contribution in [0.5, 0.6) is 0 Å². The summed E-state index contributed by atoms with van der Waals surface area (Å²) in [4.78, 5) is 15.0. The Hall–Kier alpha value is -6.98. The summed E-state index contributed by atoms with van der Waals surface area (Å²) in [5.41, 5.74) is -8.15. The lowest BCUT2D eigenvalue weighted by Gasteiger charge is -2.41. The van der Waals surface area contributed by atoms with Gasteiger partial charge < -0.3 is 5.32 Å². The van der Waals surface area contributed by atoms with Gasteiger partial charge in [0.25, 0.3) is 0 Å². The summed E-state index contributed by atoms with van der Waals surface area (Å²) in [6.45, 7) is 1.52. The summed E-state index contributed by atoms with van der Waals surface area (Å²) in [5, 5.41) is 2.81. The predicted octanol–water partition coefficient (Wildman–Crippen LogP) is 14.1. The van der Waals surface area contributed by atoms with Crippen molar-refractivity contribution in [2.75, 3.05) is 5.32 Å². The van der Waals surface area contributed by atoms with E-state index < -0.39 is 170 Å². The third kappa shape index (κ3) is 10.6. The first-order valence-electron chi connectivity index (χ1n) is 20.3. The topological polar surface area (TPSA) is 29.1 Å². The van der Waals surface area contributed by atoms with Crippen LogP contribution in [0.25, 0.3) is 0 Å². The molecule has 0 aliphatic rings. The number of hydrogen-bond acceptors (Lipinski definition) is 1. The maximum absolute atomic E-state index is 14.9. The Morgan fingerprint density at radius 1 is 0.333 bits per heavy atom. The van der Waals surface area contributed by atoms with E-state index in [0.29, 0.717) is 0 Å². The van der Waals surface area contributed by atoms with Gasteiger partial charge in [0, 0.05) is 18.8 Å². The third-order valence-electron chi connectivity index (χ3n) is 11.1. The lowest BCUT2D eigenvalue weighted by molar-refractivity contribution is -0.114. The van der Waals surface area contributed by atoms with Crippen LogP contribution >= 0.6 is 0 Å². The molecule has 7 rings (SSSR count). The van der Waals surface area contributed by atoms with E-state index >= 15 is 0 Å². The molecule has 72 heavy (non-hydrogen) atoms. The number of anilines is 1. The third-order valence-corrected chi connectivity index (χ3v) is 13.4. The van der Waals surface area contributed by atoms with Gasteiger partial charge in [0.05, 0.1) is 10.9 Å². The molecule has 24 heteroatoms. The Morgan fingerprint density at radius 2 is 0.542 bits per heavy atom. The molecule has 1 amide bonds. The number of halogens is 20. The van der Waals surface area contributed by atoms with Crippen LogP contribution in [0.1, 0.15) is 29.2 Å². The van der Waals surface area contributed by atoms with Gasteiger partial charge in [0.1, 0.15) is 0 Å². The lowest BCUT2D eigenvalue weighted by atomic mass is 9.16. The molecule has 0 radical (unpaired) electrons. The van der Waals surface area contributed by atoms with Crippen LogP contribution in [0.4, 0.5) is 93.5 Å². The van der Waals surface area contributed by atoms with Crippen molar-refractivity contribution >= 4 is 28.6 Å². The second-order valence-electron chi connectivity index (χ2n) is 15.9. The molecule has 0 spiro atoms. The molecule has 0 atom stereocenters. The number of hydrogen-bond donors (Lipinski definition) is 1. The molecule has 2 nitrogen and oxygen atoms in total. The highest BCUT2D eigenvalue weighted by Gasteiger charge is 2.40. The number of benzene rings is 7. The van der Waals surface area contributed by atoms with E-state index in [4.69, 9.17) is 0 Å². The van der Waals surface area contributed by atoms with Crippen molar-refractivity contribution in [1.82, 2.24) is 0 Å². The second kappa shape index (κ2) is 21.8. The van der Waals surface area contributed by atoms with Crippen LogP contribution in [0.15, 0.2) is 99.6 Å². The smallest absolute Gasteiger partial charge is 0.221 e. The number of rotatable bonds is 12. The molecule has 0 saturated carbocycles. The number of nitrogens with one attached hydrogen (secondary N) is 1. The summed E-state index contributed by atoms with van der Waals surface area (Å²) in [5.74, 6) is -57.8. The van der Waals surface area contributed by atoms with Gasteiger partial charge in [-0.3, -0.25) is 4.79 Å². The standard InChI is InChI=1S/C28H8BF20.C20H17NOS/c30-9-5(10(31)18(39)25(46)17(9)38)1-29(2-6-11(32)19(40)26(47)20(41)12(6)33,3-7-13(34)21(42)27(48)22(43)14(7)35)4-8-15(36)23(44)28(49)24(45)16(8)37;1-16(22)21-17-12-14-20(15-13-17)23(18-8-4-2-5-9-18)19-10-6-3-7-11-19/h1-4H2;2-15H,1H3/q-1;/p+1. The van der Waals surface area contributed by atoms with Gasteiger partial charge in [-0.2, -0.15) is 0 Å². The number of amides is 1. The molecule has 378 valence electrons. The zero-order valence-electron chi connectivity index (χ0n) is 35.9. The van der Waals surface area contributed by atoms with E-state index in [2.05, 4.69) is 66.0 Å². The Kier molecular flexibility index (Phi) is 16.5. The Bertz CT molecular complexity index is 2770. The normalized spacial score (nSPS) is 11.5. The summed E-state index contributed by atoms with van der Waals surface area (Å²) >= 11 is 0. The van der Waals surface area contributed by atoms with E-state index in [-0.39, 0.29) is 16.8 Å². The Balaban J connectivity index is 0.000000305. The highest BCUT2D eigenvalue weighted by molar-refractivity contribution is 7.97. The molecule has 7 aromatic carbocycles. The zero-order chi connectivity index (χ0) is 53.3. The lowest BCUT2D eigenvalue weighted by Crippen LogP contribution is -2.49. The van der Waals surface area contributed by atoms with Gasteiger partial charge in [-0.25, -0.2) is 87.8 Å². The van der Waals surface area contributed by atoms with Crippen molar-refractivity contribution < 1.29 is 92.6 Å². The van der Waals surface area contributed by atoms with Crippen molar-refractivity contribution in [3.05, 3.63) is 224 Å². The maximum atomic E-state index is 14.9. The quantitative estimate of drug-likeness (QED) is 0.0427. The first kappa shape index (κ1) is 54.4. The molecule has 0 saturated heterocycles. The summed E-state index contributed by atoms with van der Waals surface area (Å²) < 4.78 is 288. The van der Waals surface area contributed by atoms with Gasteiger partial charge in [0.2, 0.25) is 29.2 Å². The van der Waals surface area contributed by atoms with Gasteiger partial charge >= 0.3 is 0 Å². The Morgan fingerprint density at radius 3 is 0.764 bits per heavy atom. The minimum atomic E-state index is -4.78. The van der Waals surface area contributed by atoms with Crippen LogP contribution in [0.2, 0.25) is 0 Å². The predicted molar refractivity (Wildman–Crippen MR) is 221 cm³/mol. The first-order valence-corrected chi connectivity index (χ1v) is 21.5. The van der Waals surface area contributed by atoms with Crippen LogP contribution < -0.4 is 5.32 Å². The fourth-order valence-corrected chi connectivity index (χ4v) is 9.97. The highest BCUT2D eigenvalue weighted by Crippen LogP contribution is 2.38. The average Bonchev–Trinajstić information content (AvgIpc) is 3.38. The minimum absolute atomic E-state index is 0.0529. The van der Waals surface area contributed by atoms with Crippen molar-refractivity contribution in [3.63, 3.8) is 0 Å². The van der Waals surface area contributed by atoms with Crippen LogP contribution in [0, 0.1) is 116 Å². The monoisotopic (exact) mass is 1060 g/mol. The molecule has 0 aliphatic carbocycles. The highest BCUT2D eigenvalue weighted by atomic mass is 32.2. The largest absolute Gasteiger partial charge is 0.326 e. The van der Waals surface area contributed by atoms with Crippen molar-refractivity contribution in [2.24, 2.45) is 0 Å². The maximum Gasteiger partial charge on any atom is 0.221 e. The van der Waals surface area contributed by atoms with Crippen molar-refractivity contribution in [1.29, 1.82) is 0 Å². The number of carbonyl (C=O) groups excluding carboxylic acids is 1. The van der Waals surface area contributed by atoms with Gasteiger partial charge in [0.15, 0.2) is 108 Å². The minimum Gasteiger partial charge on any atom is -0.326 e. The first-order chi connectivity index (χ1) is 33.8. The van der Waals surface area contributed by atoms with Gasteiger partial charge in [-0.05, 0) is 70.8 Å². The van der Waals surface area contributed by atoms with Crippen LogP contribution in [-0.2, 0) is 41.0 Å². The van der Waals surface area contributed by atoms with Crippen molar-refractivity contribution in [3.8, 4) is 0 Å². The zero-order valence-corrected chi connectivity index (χ0v) is 36.7. The van der Waals surface area contributed by atoms with Crippen LogP contribution in [0.3, 0.4) is 0 Å². The molecule has 7 aromatic rings. The molecular formula is C48H26BF20NOS. The second-order valence-corrected chi connectivity index (χ2v) is 17.9.